The summed E-state index contributed by atoms with van der Waals surface area (Å²) in [5, 5.41) is 13.0. The fourth-order valence-corrected chi connectivity index (χ4v) is 4.70. The van der Waals surface area contributed by atoms with E-state index in [1.165, 1.54) is 16.8 Å². The van der Waals surface area contributed by atoms with Crippen molar-refractivity contribution in [2.75, 3.05) is 17.3 Å². The molecular formula is C23H34N6. The topological polar surface area (TPSA) is 58.3 Å². The maximum atomic E-state index is 4.77. The second-order valence-corrected chi connectivity index (χ2v) is 10.4. The van der Waals surface area contributed by atoms with Gasteiger partial charge in [-0.3, -0.25) is 0 Å². The van der Waals surface area contributed by atoms with Crippen molar-refractivity contribution in [1.82, 2.24) is 14.9 Å². The van der Waals surface area contributed by atoms with Crippen LogP contribution in [0.5, 0.6) is 0 Å². The standard InChI is InChI=1S/C23H34N6/c1-13-10-18-16(14(2)12-23(7,8)28(18)9)11-17(13)25-19-20(22(4,5)6)27-29-21(19)24-15(3)26-29/h10-11,14,19,25H,12H2,1-9H3. The minimum absolute atomic E-state index is 0.0685. The van der Waals surface area contributed by atoms with Crippen molar-refractivity contribution >= 4 is 17.1 Å². The Morgan fingerprint density at radius 1 is 1.17 bits per heavy atom. The van der Waals surface area contributed by atoms with Gasteiger partial charge in [-0.05, 0) is 63.3 Å². The van der Waals surface area contributed by atoms with Crippen LogP contribution in [-0.2, 0) is 0 Å². The third-order valence-electron chi connectivity index (χ3n) is 6.50. The monoisotopic (exact) mass is 394 g/mol. The van der Waals surface area contributed by atoms with Crippen molar-refractivity contribution in [3.63, 3.8) is 0 Å². The molecule has 1 aromatic heterocycles. The smallest absolute Gasteiger partial charge is 0.181 e. The Bertz CT molecular complexity index is 992. The molecule has 2 aliphatic heterocycles. The SMILES string of the molecule is Cc1nc2n(n1)N=C(C(C)(C)C)C2Nc1cc2c(cc1C)N(C)C(C)(C)CC2C. The highest BCUT2D eigenvalue weighted by molar-refractivity contribution is 5.97. The largest absolute Gasteiger partial charge is 0.370 e. The molecule has 156 valence electrons. The number of anilines is 2. The predicted octanol–water partition coefficient (Wildman–Crippen LogP) is 5.03. The first-order valence-electron chi connectivity index (χ1n) is 10.6. The summed E-state index contributed by atoms with van der Waals surface area (Å²) < 4.78 is 0. The maximum absolute atomic E-state index is 4.77. The summed E-state index contributed by atoms with van der Waals surface area (Å²) in [5.41, 5.74) is 6.29. The minimum Gasteiger partial charge on any atom is -0.370 e. The van der Waals surface area contributed by atoms with Gasteiger partial charge >= 0.3 is 0 Å². The van der Waals surface area contributed by atoms with Gasteiger partial charge in [0, 0.05) is 29.4 Å². The summed E-state index contributed by atoms with van der Waals surface area (Å²) in [6.45, 7) is 17.7. The fraction of sp³-hybridized carbons (Fsp3) is 0.609. The molecule has 0 amide bonds. The lowest BCUT2D eigenvalue weighted by atomic mass is 9.79. The zero-order valence-corrected chi connectivity index (χ0v) is 19.3. The van der Waals surface area contributed by atoms with Gasteiger partial charge in [0.1, 0.15) is 11.9 Å². The van der Waals surface area contributed by atoms with Crippen LogP contribution in [0.4, 0.5) is 11.4 Å². The van der Waals surface area contributed by atoms with Crippen molar-refractivity contribution in [2.45, 2.75) is 79.3 Å². The lowest BCUT2D eigenvalue weighted by Crippen LogP contribution is -2.45. The highest BCUT2D eigenvalue weighted by atomic mass is 15.6. The molecule has 29 heavy (non-hydrogen) atoms. The van der Waals surface area contributed by atoms with E-state index in [9.17, 15) is 0 Å². The lowest BCUT2D eigenvalue weighted by molar-refractivity contribution is 0.395. The van der Waals surface area contributed by atoms with Crippen molar-refractivity contribution in [3.05, 3.63) is 34.9 Å². The number of rotatable bonds is 2. The Morgan fingerprint density at radius 3 is 2.52 bits per heavy atom. The molecule has 0 bridgehead atoms. The summed E-state index contributed by atoms with van der Waals surface area (Å²) >= 11 is 0. The van der Waals surface area contributed by atoms with E-state index in [0.29, 0.717) is 5.92 Å². The van der Waals surface area contributed by atoms with E-state index >= 15 is 0 Å². The molecule has 0 saturated heterocycles. The van der Waals surface area contributed by atoms with Crippen LogP contribution in [0.2, 0.25) is 0 Å². The van der Waals surface area contributed by atoms with Crippen LogP contribution in [0.15, 0.2) is 17.2 Å². The van der Waals surface area contributed by atoms with Gasteiger partial charge < -0.3 is 10.2 Å². The van der Waals surface area contributed by atoms with Crippen molar-refractivity contribution in [2.24, 2.45) is 10.5 Å². The third-order valence-corrected chi connectivity index (χ3v) is 6.50. The first-order valence-corrected chi connectivity index (χ1v) is 10.6. The molecule has 0 fully saturated rings. The molecule has 3 heterocycles. The number of nitrogens with one attached hydrogen (secondary N) is 1. The Hall–Kier alpha value is -2.37. The van der Waals surface area contributed by atoms with Gasteiger partial charge in [0.15, 0.2) is 5.82 Å². The third kappa shape index (κ3) is 3.22. The Labute approximate surface area is 174 Å². The van der Waals surface area contributed by atoms with Gasteiger partial charge in [0.2, 0.25) is 0 Å². The minimum atomic E-state index is -0.0758. The summed E-state index contributed by atoms with van der Waals surface area (Å²) in [6.07, 6.45) is 1.14. The van der Waals surface area contributed by atoms with Crippen molar-refractivity contribution in [1.29, 1.82) is 0 Å². The quantitative estimate of drug-likeness (QED) is 0.776. The fourth-order valence-electron chi connectivity index (χ4n) is 4.70. The second kappa shape index (κ2) is 6.31. The Kier molecular flexibility index (Phi) is 4.34. The van der Waals surface area contributed by atoms with Crippen LogP contribution >= 0.6 is 0 Å². The number of fused-ring (bicyclic) bond motifs is 2. The van der Waals surface area contributed by atoms with E-state index in [2.05, 4.69) is 87.9 Å². The zero-order chi connectivity index (χ0) is 21.3. The zero-order valence-electron chi connectivity index (χ0n) is 19.3. The molecule has 0 aliphatic carbocycles. The predicted molar refractivity (Wildman–Crippen MR) is 120 cm³/mol. The Morgan fingerprint density at radius 2 is 1.86 bits per heavy atom. The van der Waals surface area contributed by atoms with E-state index in [-0.39, 0.29) is 17.0 Å². The number of aromatic nitrogens is 3. The number of hydrogen-bond acceptors (Lipinski definition) is 5. The van der Waals surface area contributed by atoms with Crippen LogP contribution in [0, 0.1) is 19.3 Å². The molecular weight excluding hydrogens is 360 g/mol. The molecule has 2 aliphatic rings. The second-order valence-electron chi connectivity index (χ2n) is 10.4. The molecule has 1 aromatic carbocycles. The number of aryl methyl sites for hydroxylation is 2. The normalized spacial score (nSPS) is 22.9. The van der Waals surface area contributed by atoms with Gasteiger partial charge in [0.05, 0.1) is 5.71 Å². The van der Waals surface area contributed by atoms with Gasteiger partial charge in [-0.15, -0.1) is 9.89 Å². The Balaban J connectivity index is 1.75. The molecule has 1 N–H and O–H groups in total. The summed E-state index contributed by atoms with van der Waals surface area (Å²) in [5.74, 6) is 2.14. The summed E-state index contributed by atoms with van der Waals surface area (Å²) in [4.78, 5) is 8.78. The maximum Gasteiger partial charge on any atom is 0.181 e. The molecule has 2 aromatic rings. The highest BCUT2D eigenvalue weighted by Crippen LogP contribution is 2.45. The summed E-state index contributed by atoms with van der Waals surface area (Å²) in [6, 6.07) is 4.60. The van der Waals surface area contributed by atoms with Gasteiger partial charge in [0.25, 0.3) is 0 Å². The number of nitrogens with zero attached hydrogens (tertiary/aromatic N) is 5. The van der Waals surface area contributed by atoms with Gasteiger partial charge in [-0.25, -0.2) is 4.98 Å². The molecule has 6 nitrogen and oxygen atoms in total. The molecule has 0 saturated carbocycles. The van der Waals surface area contributed by atoms with E-state index < -0.39 is 0 Å². The number of hydrogen-bond donors (Lipinski definition) is 1. The van der Waals surface area contributed by atoms with Crippen LogP contribution in [-0.4, -0.2) is 33.2 Å². The number of benzene rings is 1. The first-order chi connectivity index (χ1) is 13.4. The van der Waals surface area contributed by atoms with E-state index in [4.69, 9.17) is 5.10 Å². The molecule has 0 spiro atoms. The van der Waals surface area contributed by atoms with Gasteiger partial charge in [-0.1, -0.05) is 27.7 Å². The lowest BCUT2D eigenvalue weighted by Gasteiger charge is -2.45. The van der Waals surface area contributed by atoms with Crippen LogP contribution < -0.4 is 10.2 Å². The highest BCUT2D eigenvalue weighted by Gasteiger charge is 2.39. The molecule has 4 rings (SSSR count). The molecule has 0 radical (unpaired) electrons. The van der Waals surface area contributed by atoms with E-state index in [0.717, 1.165) is 29.5 Å². The van der Waals surface area contributed by atoms with Crippen molar-refractivity contribution < 1.29 is 0 Å². The summed E-state index contributed by atoms with van der Waals surface area (Å²) in [7, 11) is 2.21. The van der Waals surface area contributed by atoms with Crippen LogP contribution in [0.1, 0.15) is 82.7 Å². The first kappa shape index (κ1) is 19.9. The van der Waals surface area contributed by atoms with Crippen LogP contribution in [0.3, 0.4) is 0 Å². The molecule has 2 unspecified atom stereocenters. The average molecular weight is 395 g/mol. The molecule has 6 heteroatoms. The van der Waals surface area contributed by atoms with E-state index in [1.54, 1.807) is 4.79 Å². The van der Waals surface area contributed by atoms with Crippen molar-refractivity contribution in [3.8, 4) is 0 Å². The average Bonchev–Trinajstić information content (AvgIpc) is 3.10. The van der Waals surface area contributed by atoms with E-state index in [1.807, 2.05) is 6.92 Å². The van der Waals surface area contributed by atoms with Crippen LogP contribution in [0.25, 0.3) is 0 Å². The molecule has 2 atom stereocenters. The van der Waals surface area contributed by atoms with Gasteiger partial charge in [-0.2, -0.15) is 5.10 Å².